The molecule has 0 saturated carbocycles. The van der Waals surface area contributed by atoms with Gasteiger partial charge in [0.05, 0.1) is 6.61 Å². The van der Waals surface area contributed by atoms with Crippen LogP contribution in [0.25, 0.3) is 0 Å². The van der Waals surface area contributed by atoms with Gasteiger partial charge in [-0.05, 0) is 12.5 Å². The predicted octanol–water partition coefficient (Wildman–Crippen LogP) is 2.17. The zero-order valence-electron chi connectivity index (χ0n) is 6.30. The van der Waals surface area contributed by atoms with Crippen molar-refractivity contribution in [3.8, 4) is 0 Å². The summed E-state index contributed by atoms with van der Waals surface area (Å²) in [6.45, 7) is 2.53. The van der Waals surface area contributed by atoms with Crippen LogP contribution in [0.1, 0.15) is 11.1 Å². The molecule has 0 aliphatic heterocycles. The molecule has 1 rings (SSSR count). The molecule has 1 N–H and O–H groups in total. The molecule has 11 heavy (non-hydrogen) atoms. The summed E-state index contributed by atoms with van der Waals surface area (Å²) >= 11 is 5.12. The first-order valence-corrected chi connectivity index (χ1v) is 3.73. The maximum atomic E-state index is 5.12. The number of hydrogen-bond acceptors (Lipinski definition) is 2. The van der Waals surface area contributed by atoms with Crippen LogP contribution in [0.15, 0.2) is 24.3 Å². The maximum Gasteiger partial charge on any atom is 0.0948 e. The number of benzene rings is 1. The van der Waals surface area contributed by atoms with Crippen LogP contribution in [0.4, 0.5) is 0 Å². The van der Waals surface area contributed by atoms with Crippen LogP contribution in [0.2, 0.25) is 0 Å². The van der Waals surface area contributed by atoms with E-state index in [0.29, 0.717) is 6.61 Å². The molecule has 0 spiro atoms. The topological polar surface area (TPSA) is 21.3 Å². The van der Waals surface area contributed by atoms with Gasteiger partial charge in [-0.3, -0.25) is 4.84 Å². The largest absolute Gasteiger partial charge is 0.282 e. The molecule has 0 fully saturated rings. The summed E-state index contributed by atoms with van der Waals surface area (Å²) < 4.78 is 0. The Labute approximate surface area is 71.2 Å². The molecule has 0 aliphatic rings. The molecule has 0 unspecified atom stereocenters. The van der Waals surface area contributed by atoms with Crippen molar-refractivity contribution in [3.05, 3.63) is 35.4 Å². The molecule has 0 atom stereocenters. The standard InChI is InChI=1S/C8H10ClNO/c1-7-3-2-4-8(5-7)6-11-10-9/h2-5,10H,6H2,1H3. The lowest BCUT2D eigenvalue weighted by molar-refractivity contribution is 0.0817. The second kappa shape index (κ2) is 4.34. The highest BCUT2D eigenvalue weighted by molar-refractivity contribution is 6.12. The first-order valence-electron chi connectivity index (χ1n) is 3.36. The van der Waals surface area contributed by atoms with Gasteiger partial charge in [0.25, 0.3) is 0 Å². The minimum Gasteiger partial charge on any atom is -0.282 e. The van der Waals surface area contributed by atoms with Crippen molar-refractivity contribution in [1.82, 2.24) is 5.00 Å². The molecule has 1 aromatic rings. The van der Waals surface area contributed by atoms with E-state index in [1.165, 1.54) is 5.56 Å². The van der Waals surface area contributed by atoms with Gasteiger partial charge in [-0.25, -0.2) is 0 Å². The van der Waals surface area contributed by atoms with Crippen molar-refractivity contribution in [2.75, 3.05) is 0 Å². The van der Waals surface area contributed by atoms with Gasteiger partial charge in [0, 0.05) is 11.8 Å². The Morgan fingerprint density at radius 3 is 3.00 bits per heavy atom. The fraction of sp³-hybridized carbons (Fsp3) is 0.250. The molecule has 1 aromatic carbocycles. The minimum atomic E-state index is 0.491. The molecule has 0 aliphatic carbocycles. The van der Waals surface area contributed by atoms with Crippen molar-refractivity contribution in [2.24, 2.45) is 0 Å². The molecule has 3 heteroatoms. The molecule has 0 heterocycles. The third kappa shape index (κ3) is 2.89. The molecule has 0 saturated heterocycles. The number of halogens is 1. The van der Waals surface area contributed by atoms with E-state index in [2.05, 4.69) is 5.00 Å². The number of aryl methyl sites for hydroxylation is 1. The van der Waals surface area contributed by atoms with Gasteiger partial charge in [-0.15, -0.1) is 5.00 Å². The van der Waals surface area contributed by atoms with E-state index in [1.54, 1.807) is 0 Å². The van der Waals surface area contributed by atoms with Gasteiger partial charge < -0.3 is 0 Å². The van der Waals surface area contributed by atoms with Gasteiger partial charge >= 0.3 is 0 Å². The molecule has 2 nitrogen and oxygen atoms in total. The number of rotatable bonds is 3. The number of nitrogens with one attached hydrogen (secondary N) is 1. The van der Waals surface area contributed by atoms with Crippen LogP contribution in [0.3, 0.4) is 0 Å². The Balaban J connectivity index is 2.56. The van der Waals surface area contributed by atoms with E-state index in [1.807, 2.05) is 31.2 Å². The zero-order valence-corrected chi connectivity index (χ0v) is 7.06. The summed E-state index contributed by atoms with van der Waals surface area (Å²) in [5.74, 6) is 0. The summed E-state index contributed by atoms with van der Waals surface area (Å²) in [4.78, 5) is 6.90. The molecule has 0 radical (unpaired) electrons. The third-order valence-corrected chi connectivity index (χ3v) is 1.48. The Bertz CT molecular complexity index is 227. The Kier molecular flexibility index (Phi) is 3.36. The summed E-state index contributed by atoms with van der Waals surface area (Å²) in [5.41, 5.74) is 2.33. The first-order chi connectivity index (χ1) is 5.33. The second-order valence-electron chi connectivity index (χ2n) is 2.35. The van der Waals surface area contributed by atoms with E-state index in [0.717, 1.165) is 5.56 Å². The lowest BCUT2D eigenvalue weighted by Crippen LogP contribution is -2.00. The van der Waals surface area contributed by atoms with Crippen molar-refractivity contribution >= 4 is 11.8 Å². The zero-order chi connectivity index (χ0) is 8.10. The summed E-state index contributed by atoms with van der Waals surface area (Å²) in [6, 6.07) is 8.06. The second-order valence-corrected chi connectivity index (χ2v) is 2.51. The van der Waals surface area contributed by atoms with Gasteiger partial charge in [0.1, 0.15) is 0 Å². The minimum absolute atomic E-state index is 0.491. The van der Waals surface area contributed by atoms with Crippen molar-refractivity contribution < 1.29 is 4.84 Å². The van der Waals surface area contributed by atoms with Gasteiger partial charge in [-0.1, -0.05) is 29.8 Å². The fourth-order valence-electron chi connectivity index (χ4n) is 0.913. The van der Waals surface area contributed by atoms with E-state index in [4.69, 9.17) is 16.6 Å². The van der Waals surface area contributed by atoms with E-state index in [-0.39, 0.29) is 0 Å². The van der Waals surface area contributed by atoms with Gasteiger partial charge in [-0.2, -0.15) is 0 Å². The fourth-order valence-corrected chi connectivity index (χ4v) is 0.967. The molecule has 60 valence electrons. The summed E-state index contributed by atoms with van der Waals surface area (Å²) in [5, 5.41) is 0. The molecule has 0 aromatic heterocycles. The van der Waals surface area contributed by atoms with Crippen LogP contribution < -0.4 is 5.00 Å². The van der Waals surface area contributed by atoms with Crippen molar-refractivity contribution in [1.29, 1.82) is 0 Å². The lowest BCUT2D eigenvalue weighted by Gasteiger charge is -2.00. The van der Waals surface area contributed by atoms with Crippen LogP contribution in [-0.2, 0) is 11.4 Å². The summed E-state index contributed by atoms with van der Waals surface area (Å²) in [6.07, 6.45) is 0. The SMILES string of the molecule is Cc1cccc(CONCl)c1. The van der Waals surface area contributed by atoms with Crippen LogP contribution >= 0.6 is 11.8 Å². The van der Waals surface area contributed by atoms with Crippen LogP contribution in [0.5, 0.6) is 0 Å². The predicted molar refractivity (Wildman–Crippen MR) is 45.0 cm³/mol. The molecule has 0 amide bonds. The Hall–Kier alpha value is -0.570. The van der Waals surface area contributed by atoms with E-state index < -0.39 is 0 Å². The van der Waals surface area contributed by atoms with Crippen LogP contribution in [0, 0.1) is 6.92 Å². The Morgan fingerprint density at radius 2 is 2.36 bits per heavy atom. The van der Waals surface area contributed by atoms with Crippen LogP contribution in [-0.4, -0.2) is 0 Å². The van der Waals surface area contributed by atoms with Crippen molar-refractivity contribution in [2.45, 2.75) is 13.5 Å². The average molecular weight is 172 g/mol. The van der Waals surface area contributed by atoms with Gasteiger partial charge in [0.2, 0.25) is 0 Å². The molecule has 0 bridgehead atoms. The molecular formula is C8H10ClNO. The highest BCUT2D eigenvalue weighted by Gasteiger charge is 1.91. The van der Waals surface area contributed by atoms with Gasteiger partial charge in [0.15, 0.2) is 0 Å². The van der Waals surface area contributed by atoms with Crippen molar-refractivity contribution in [3.63, 3.8) is 0 Å². The monoisotopic (exact) mass is 171 g/mol. The normalized spacial score (nSPS) is 10.0. The maximum absolute atomic E-state index is 5.12. The first kappa shape index (κ1) is 8.53. The lowest BCUT2D eigenvalue weighted by atomic mass is 10.1. The third-order valence-electron chi connectivity index (χ3n) is 1.38. The average Bonchev–Trinajstić information content (AvgIpc) is 2.01. The number of hydrogen-bond donors (Lipinski definition) is 1. The molecular weight excluding hydrogens is 162 g/mol. The summed E-state index contributed by atoms with van der Waals surface area (Å²) in [7, 11) is 0. The van der Waals surface area contributed by atoms with E-state index >= 15 is 0 Å². The highest BCUT2D eigenvalue weighted by atomic mass is 35.5. The Morgan fingerprint density at radius 1 is 1.55 bits per heavy atom. The van der Waals surface area contributed by atoms with E-state index in [9.17, 15) is 0 Å². The quantitative estimate of drug-likeness (QED) is 0.556. The highest BCUT2D eigenvalue weighted by Crippen LogP contribution is 2.04. The smallest absolute Gasteiger partial charge is 0.0948 e.